The van der Waals surface area contributed by atoms with Crippen molar-refractivity contribution in [2.45, 2.75) is 25.3 Å². The van der Waals surface area contributed by atoms with Crippen LogP contribution in [-0.4, -0.2) is 43.3 Å². The number of ether oxygens (including phenoxy) is 1. The van der Waals surface area contributed by atoms with Gasteiger partial charge in [-0.2, -0.15) is 5.26 Å². The fourth-order valence-corrected chi connectivity index (χ4v) is 3.24. The van der Waals surface area contributed by atoms with Crippen LogP contribution in [0.25, 0.3) is 0 Å². The lowest BCUT2D eigenvalue weighted by Gasteiger charge is -2.36. The van der Waals surface area contributed by atoms with Crippen molar-refractivity contribution in [3.05, 3.63) is 23.3 Å². The van der Waals surface area contributed by atoms with Crippen molar-refractivity contribution >= 4 is 24.8 Å². The standard InChI is InChI=1S/C17H23N3O2.2ClH/c1-22-16-10-13(11-18)8-14(17(16)21)15(9-12-2-3-12)20-6-4-19-5-7-20;;/h8,10,12,15,19,21H,2-7,9H2,1H3;2*1H/t15-;;/m1../s1. The van der Waals surface area contributed by atoms with E-state index in [0.717, 1.165) is 44.1 Å². The molecule has 134 valence electrons. The van der Waals surface area contributed by atoms with E-state index in [-0.39, 0.29) is 36.6 Å². The number of nitriles is 1. The third kappa shape index (κ3) is 4.67. The van der Waals surface area contributed by atoms with E-state index in [1.807, 2.05) is 6.07 Å². The molecule has 1 aliphatic heterocycles. The Morgan fingerprint density at radius 2 is 2.00 bits per heavy atom. The lowest BCUT2D eigenvalue weighted by molar-refractivity contribution is 0.157. The van der Waals surface area contributed by atoms with Crippen molar-refractivity contribution in [3.63, 3.8) is 0 Å². The maximum absolute atomic E-state index is 10.6. The molecule has 1 aliphatic carbocycles. The minimum Gasteiger partial charge on any atom is -0.504 e. The number of nitrogens with zero attached hydrogens (tertiary/aromatic N) is 2. The molecular formula is C17H25Cl2N3O2. The van der Waals surface area contributed by atoms with Crippen LogP contribution < -0.4 is 10.1 Å². The molecule has 7 heteroatoms. The largest absolute Gasteiger partial charge is 0.504 e. The van der Waals surface area contributed by atoms with Gasteiger partial charge in [0.25, 0.3) is 0 Å². The quantitative estimate of drug-likeness (QED) is 0.830. The molecule has 1 heterocycles. The molecule has 2 N–H and O–H groups in total. The molecule has 0 bridgehead atoms. The smallest absolute Gasteiger partial charge is 0.162 e. The second kappa shape index (κ2) is 9.33. The maximum atomic E-state index is 10.6. The molecule has 0 amide bonds. The molecule has 0 spiro atoms. The molecule has 3 rings (SSSR count). The summed E-state index contributed by atoms with van der Waals surface area (Å²) in [6.45, 7) is 3.87. The van der Waals surface area contributed by atoms with Crippen LogP contribution in [-0.2, 0) is 0 Å². The average molecular weight is 374 g/mol. The Labute approximate surface area is 155 Å². The van der Waals surface area contributed by atoms with Gasteiger partial charge >= 0.3 is 0 Å². The Kier molecular flexibility index (Phi) is 8.11. The van der Waals surface area contributed by atoms with Crippen molar-refractivity contribution in [2.24, 2.45) is 5.92 Å². The lowest BCUT2D eigenvalue weighted by Crippen LogP contribution is -2.45. The van der Waals surface area contributed by atoms with E-state index in [0.29, 0.717) is 11.3 Å². The second-order valence-electron chi connectivity index (χ2n) is 6.21. The summed E-state index contributed by atoms with van der Waals surface area (Å²) in [5.41, 5.74) is 1.38. The van der Waals surface area contributed by atoms with Crippen LogP contribution in [0.3, 0.4) is 0 Å². The summed E-state index contributed by atoms with van der Waals surface area (Å²) < 4.78 is 5.25. The van der Waals surface area contributed by atoms with E-state index in [9.17, 15) is 10.4 Å². The number of piperazine rings is 1. The van der Waals surface area contributed by atoms with Gasteiger partial charge in [-0.3, -0.25) is 4.90 Å². The third-order valence-corrected chi connectivity index (χ3v) is 4.66. The Morgan fingerprint density at radius 1 is 1.33 bits per heavy atom. The molecule has 1 aromatic carbocycles. The molecule has 0 unspecified atom stereocenters. The minimum atomic E-state index is 0. The predicted molar refractivity (Wildman–Crippen MR) is 98.4 cm³/mol. The summed E-state index contributed by atoms with van der Waals surface area (Å²) in [4.78, 5) is 2.42. The second-order valence-corrected chi connectivity index (χ2v) is 6.21. The van der Waals surface area contributed by atoms with Crippen molar-refractivity contribution in [1.82, 2.24) is 10.2 Å². The fourth-order valence-electron chi connectivity index (χ4n) is 3.24. The summed E-state index contributed by atoms with van der Waals surface area (Å²) in [6, 6.07) is 5.77. The molecule has 1 aromatic rings. The lowest BCUT2D eigenvalue weighted by atomic mass is 9.95. The number of hydrogen-bond acceptors (Lipinski definition) is 5. The number of benzene rings is 1. The number of phenols is 1. The van der Waals surface area contributed by atoms with Gasteiger partial charge in [-0.1, -0.05) is 12.8 Å². The number of halogens is 2. The van der Waals surface area contributed by atoms with Gasteiger partial charge < -0.3 is 15.2 Å². The molecular weight excluding hydrogens is 349 g/mol. The highest BCUT2D eigenvalue weighted by Crippen LogP contribution is 2.44. The van der Waals surface area contributed by atoms with Crippen LogP contribution in [0.5, 0.6) is 11.5 Å². The van der Waals surface area contributed by atoms with Gasteiger partial charge in [0.1, 0.15) is 0 Å². The first-order valence-corrected chi connectivity index (χ1v) is 7.98. The Bertz CT molecular complexity index is 582. The van der Waals surface area contributed by atoms with E-state index in [1.54, 1.807) is 6.07 Å². The molecule has 1 saturated carbocycles. The number of phenolic OH excluding ortho intramolecular Hbond substituents is 1. The predicted octanol–water partition coefficient (Wildman–Crippen LogP) is 2.86. The Hall–Kier alpha value is -1.19. The average Bonchev–Trinajstić information content (AvgIpc) is 3.38. The van der Waals surface area contributed by atoms with Gasteiger partial charge in [0.2, 0.25) is 0 Å². The topological polar surface area (TPSA) is 68.5 Å². The van der Waals surface area contributed by atoms with Gasteiger partial charge in [0.15, 0.2) is 11.5 Å². The summed E-state index contributed by atoms with van der Waals surface area (Å²) in [5.74, 6) is 1.33. The molecule has 0 radical (unpaired) electrons. The van der Waals surface area contributed by atoms with Gasteiger partial charge in [0.05, 0.1) is 18.7 Å². The van der Waals surface area contributed by atoms with E-state index >= 15 is 0 Å². The zero-order valence-electron chi connectivity index (χ0n) is 13.8. The highest BCUT2D eigenvalue weighted by atomic mass is 35.5. The highest BCUT2D eigenvalue weighted by Gasteiger charge is 2.32. The van der Waals surface area contributed by atoms with Crippen LogP contribution in [0.1, 0.15) is 36.4 Å². The molecule has 5 nitrogen and oxygen atoms in total. The van der Waals surface area contributed by atoms with E-state index in [1.165, 1.54) is 20.0 Å². The van der Waals surface area contributed by atoms with Crippen LogP contribution in [0.2, 0.25) is 0 Å². The van der Waals surface area contributed by atoms with Crippen LogP contribution >= 0.6 is 24.8 Å². The first-order valence-electron chi connectivity index (χ1n) is 7.98. The first-order chi connectivity index (χ1) is 10.7. The minimum absolute atomic E-state index is 0. The van der Waals surface area contributed by atoms with Crippen molar-refractivity contribution in [1.29, 1.82) is 5.26 Å². The summed E-state index contributed by atoms with van der Waals surface area (Å²) in [6.07, 6.45) is 3.60. The zero-order valence-corrected chi connectivity index (χ0v) is 15.5. The normalized spacial score (nSPS) is 18.7. The molecule has 1 saturated heterocycles. The number of methoxy groups -OCH3 is 1. The molecule has 1 atom stereocenters. The van der Waals surface area contributed by atoms with Crippen molar-refractivity contribution in [3.8, 4) is 17.6 Å². The molecule has 0 aromatic heterocycles. The van der Waals surface area contributed by atoms with Gasteiger partial charge in [-0.15, -0.1) is 24.8 Å². The van der Waals surface area contributed by atoms with Gasteiger partial charge in [0, 0.05) is 43.9 Å². The van der Waals surface area contributed by atoms with Crippen LogP contribution in [0, 0.1) is 17.2 Å². The first kappa shape index (κ1) is 20.9. The van der Waals surface area contributed by atoms with Crippen molar-refractivity contribution < 1.29 is 9.84 Å². The van der Waals surface area contributed by atoms with Gasteiger partial charge in [-0.25, -0.2) is 0 Å². The van der Waals surface area contributed by atoms with Crippen LogP contribution in [0.4, 0.5) is 0 Å². The summed E-state index contributed by atoms with van der Waals surface area (Å²) in [5, 5.41) is 23.2. The number of aromatic hydroxyl groups is 1. The Balaban J connectivity index is 0.00000144. The SMILES string of the molecule is COc1cc(C#N)cc([C@@H](CC2CC2)N2CCNCC2)c1O.Cl.Cl. The molecule has 2 fully saturated rings. The maximum Gasteiger partial charge on any atom is 0.162 e. The zero-order chi connectivity index (χ0) is 15.5. The third-order valence-electron chi connectivity index (χ3n) is 4.66. The van der Waals surface area contributed by atoms with E-state index < -0.39 is 0 Å². The summed E-state index contributed by atoms with van der Waals surface area (Å²) in [7, 11) is 1.53. The monoisotopic (exact) mass is 373 g/mol. The number of rotatable bonds is 5. The molecule has 2 aliphatic rings. The Morgan fingerprint density at radius 3 is 2.54 bits per heavy atom. The highest BCUT2D eigenvalue weighted by molar-refractivity contribution is 5.85. The molecule has 24 heavy (non-hydrogen) atoms. The van der Waals surface area contributed by atoms with Crippen LogP contribution in [0.15, 0.2) is 12.1 Å². The summed E-state index contributed by atoms with van der Waals surface area (Å²) >= 11 is 0. The number of hydrogen-bond donors (Lipinski definition) is 2. The number of nitrogens with one attached hydrogen (secondary N) is 1. The van der Waals surface area contributed by atoms with E-state index in [2.05, 4.69) is 16.3 Å². The van der Waals surface area contributed by atoms with Crippen molar-refractivity contribution in [2.75, 3.05) is 33.3 Å². The fraction of sp³-hybridized carbons (Fsp3) is 0.588. The van der Waals surface area contributed by atoms with E-state index in [4.69, 9.17) is 4.74 Å². The van der Waals surface area contributed by atoms with Gasteiger partial charge in [-0.05, 0) is 18.4 Å².